The lowest BCUT2D eigenvalue weighted by Gasteiger charge is -2.12. The number of benzene rings is 2. The van der Waals surface area contributed by atoms with Crippen molar-refractivity contribution < 1.29 is 9.84 Å². The molecule has 0 aliphatic rings. The highest BCUT2D eigenvalue weighted by atomic mass is 16.5. The molecule has 0 saturated heterocycles. The Hall–Kier alpha value is -2.00. The Morgan fingerprint density at radius 2 is 1.86 bits per heavy atom. The SMILES string of the molecule is CCOc1ccc(NCc2ccc(C)c(C)c2)cc1CO. The van der Waals surface area contributed by atoms with Gasteiger partial charge in [-0.05, 0) is 55.7 Å². The first-order valence-corrected chi connectivity index (χ1v) is 7.30. The number of ether oxygens (including phenoxy) is 1. The Bertz CT molecular complexity index is 608. The summed E-state index contributed by atoms with van der Waals surface area (Å²) in [7, 11) is 0. The molecule has 0 amide bonds. The van der Waals surface area contributed by atoms with Gasteiger partial charge in [0, 0.05) is 17.8 Å². The van der Waals surface area contributed by atoms with Crippen LogP contribution in [-0.4, -0.2) is 11.7 Å². The van der Waals surface area contributed by atoms with Gasteiger partial charge in [0.1, 0.15) is 5.75 Å². The molecule has 3 nitrogen and oxygen atoms in total. The molecule has 2 aromatic rings. The van der Waals surface area contributed by atoms with Crippen molar-refractivity contribution in [3.63, 3.8) is 0 Å². The minimum Gasteiger partial charge on any atom is -0.494 e. The fraction of sp³-hybridized carbons (Fsp3) is 0.333. The maximum atomic E-state index is 9.41. The summed E-state index contributed by atoms with van der Waals surface area (Å²) in [5.41, 5.74) is 5.65. The summed E-state index contributed by atoms with van der Waals surface area (Å²) in [6, 6.07) is 12.3. The molecule has 0 aromatic heterocycles. The van der Waals surface area contributed by atoms with E-state index < -0.39 is 0 Å². The van der Waals surface area contributed by atoms with Crippen molar-refractivity contribution in [2.45, 2.75) is 33.9 Å². The highest BCUT2D eigenvalue weighted by Gasteiger charge is 2.04. The highest BCUT2D eigenvalue weighted by Crippen LogP contribution is 2.23. The van der Waals surface area contributed by atoms with Crippen LogP contribution in [0.2, 0.25) is 0 Å². The Labute approximate surface area is 126 Å². The molecule has 0 aliphatic carbocycles. The first kappa shape index (κ1) is 15.4. The molecule has 2 rings (SSSR count). The van der Waals surface area contributed by atoms with E-state index in [1.165, 1.54) is 16.7 Å². The van der Waals surface area contributed by atoms with E-state index in [-0.39, 0.29) is 6.61 Å². The molecule has 0 atom stereocenters. The van der Waals surface area contributed by atoms with Gasteiger partial charge in [-0.25, -0.2) is 0 Å². The molecular formula is C18H23NO2. The Balaban J connectivity index is 2.07. The number of anilines is 1. The fourth-order valence-electron chi connectivity index (χ4n) is 2.23. The number of rotatable bonds is 6. The van der Waals surface area contributed by atoms with Gasteiger partial charge in [-0.1, -0.05) is 18.2 Å². The van der Waals surface area contributed by atoms with E-state index in [9.17, 15) is 5.11 Å². The summed E-state index contributed by atoms with van der Waals surface area (Å²) in [6.45, 7) is 7.52. The van der Waals surface area contributed by atoms with E-state index >= 15 is 0 Å². The molecule has 0 fully saturated rings. The van der Waals surface area contributed by atoms with Gasteiger partial charge in [0.05, 0.1) is 13.2 Å². The van der Waals surface area contributed by atoms with Crippen LogP contribution in [0.3, 0.4) is 0 Å². The molecule has 112 valence electrons. The second-order valence-corrected chi connectivity index (χ2v) is 5.19. The van der Waals surface area contributed by atoms with Gasteiger partial charge in [0.25, 0.3) is 0 Å². The molecule has 2 N–H and O–H groups in total. The third-order valence-electron chi connectivity index (χ3n) is 3.60. The summed E-state index contributed by atoms with van der Waals surface area (Å²) >= 11 is 0. The van der Waals surface area contributed by atoms with Crippen LogP contribution >= 0.6 is 0 Å². The van der Waals surface area contributed by atoms with E-state index in [1.807, 2.05) is 25.1 Å². The topological polar surface area (TPSA) is 41.5 Å². The van der Waals surface area contributed by atoms with Gasteiger partial charge in [-0.15, -0.1) is 0 Å². The van der Waals surface area contributed by atoms with Crippen LogP contribution < -0.4 is 10.1 Å². The van der Waals surface area contributed by atoms with Crippen molar-refractivity contribution >= 4 is 5.69 Å². The molecular weight excluding hydrogens is 262 g/mol. The van der Waals surface area contributed by atoms with Crippen LogP contribution in [0.15, 0.2) is 36.4 Å². The summed E-state index contributed by atoms with van der Waals surface area (Å²) in [5, 5.41) is 12.8. The standard InChI is InChI=1S/C18H23NO2/c1-4-21-18-8-7-17(10-16(18)12-20)19-11-15-6-5-13(2)14(3)9-15/h5-10,19-20H,4,11-12H2,1-3H3. The zero-order valence-corrected chi connectivity index (χ0v) is 12.9. The van der Waals surface area contributed by atoms with Crippen LogP contribution in [0.25, 0.3) is 0 Å². The van der Waals surface area contributed by atoms with Crippen LogP contribution in [0.5, 0.6) is 5.75 Å². The second-order valence-electron chi connectivity index (χ2n) is 5.19. The van der Waals surface area contributed by atoms with E-state index in [2.05, 4.69) is 37.4 Å². The predicted octanol–water partition coefficient (Wildman–Crippen LogP) is 3.81. The number of hydrogen-bond donors (Lipinski definition) is 2. The van der Waals surface area contributed by atoms with Gasteiger partial charge in [0.15, 0.2) is 0 Å². The molecule has 0 bridgehead atoms. The predicted molar refractivity (Wildman–Crippen MR) is 86.8 cm³/mol. The third-order valence-corrected chi connectivity index (χ3v) is 3.60. The summed E-state index contributed by atoms with van der Waals surface area (Å²) < 4.78 is 5.49. The van der Waals surface area contributed by atoms with E-state index in [4.69, 9.17) is 4.74 Å². The largest absolute Gasteiger partial charge is 0.494 e. The Kier molecular flexibility index (Phi) is 5.23. The zero-order chi connectivity index (χ0) is 15.2. The smallest absolute Gasteiger partial charge is 0.124 e. The average Bonchev–Trinajstić information content (AvgIpc) is 2.49. The van der Waals surface area contributed by atoms with Gasteiger partial charge < -0.3 is 15.2 Å². The minimum absolute atomic E-state index is 0.0194. The molecule has 0 radical (unpaired) electrons. The van der Waals surface area contributed by atoms with Crippen molar-refractivity contribution in [2.24, 2.45) is 0 Å². The van der Waals surface area contributed by atoms with E-state index in [1.54, 1.807) is 0 Å². The summed E-state index contributed by atoms with van der Waals surface area (Å²) in [4.78, 5) is 0. The van der Waals surface area contributed by atoms with Gasteiger partial charge in [0.2, 0.25) is 0 Å². The second kappa shape index (κ2) is 7.14. The van der Waals surface area contributed by atoms with Crippen LogP contribution in [0.1, 0.15) is 29.2 Å². The first-order chi connectivity index (χ1) is 10.1. The van der Waals surface area contributed by atoms with Crippen molar-refractivity contribution in [3.05, 3.63) is 58.7 Å². The van der Waals surface area contributed by atoms with Crippen LogP contribution in [0, 0.1) is 13.8 Å². The van der Waals surface area contributed by atoms with Crippen LogP contribution in [0.4, 0.5) is 5.69 Å². The van der Waals surface area contributed by atoms with Crippen molar-refractivity contribution in [1.29, 1.82) is 0 Å². The van der Waals surface area contributed by atoms with Gasteiger partial charge >= 0.3 is 0 Å². The first-order valence-electron chi connectivity index (χ1n) is 7.30. The van der Waals surface area contributed by atoms with Crippen molar-refractivity contribution in [2.75, 3.05) is 11.9 Å². The molecule has 0 unspecified atom stereocenters. The summed E-state index contributed by atoms with van der Waals surface area (Å²) in [6.07, 6.45) is 0. The van der Waals surface area contributed by atoms with Crippen LogP contribution in [-0.2, 0) is 13.2 Å². The Morgan fingerprint density at radius 1 is 1.05 bits per heavy atom. The number of aliphatic hydroxyl groups is 1. The average molecular weight is 285 g/mol. The van der Waals surface area contributed by atoms with Gasteiger partial charge in [-0.2, -0.15) is 0 Å². The lowest BCUT2D eigenvalue weighted by molar-refractivity contribution is 0.267. The fourth-order valence-corrected chi connectivity index (χ4v) is 2.23. The number of aryl methyl sites for hydroxylation is 2. The maximum absolute atomic E-state index is 9.41. The molecule has 3 heteroatoms. The molecule has 0 aliphatic heterocycles. The molecule has 0 heterocycles. The zero-order valence-electron chi connectivity index (χ0n) is 12.9. The van der Waals surface area contributed by atoms with E-state index in [0.717, 1.165) is 23.5 Å². The molecule has 21 heavy (non-hydrogen) atoms. The third kappa shape index (κ3) is 3.99. The van der Waals surface area contributed by atoms with Crippen molar-refractivity contribution in [3.8, 4) is 5.75 Å². The lowest BCUT2D eigenvalue weighted by Crippen LogP contribution is -2.02. The number of hydrogen-bond acceptors (Lipinski definition) is 3. The van der Waals surface area contributed by atoms with Gasteiger partial charge in [-0.3, -0.25) is 0 Å². The normalized spacial score (nSPS) is 10.5. The molecule has 0 saturated carbocycles. The number of aliphatic hydroxyl groups excluding tert-OH is 1. The highest BCUT2D eigenvalue weighted by molar-refractivity contribution is 5.51. The maximum Gasteiger partial charge on any atom is 0.124 e. The number of nitrogens with one attached hydrogen (secondary N) is 1. The monoisotopic (exact) mass is 285 g/mol. The molecule has 0 spiro atoms. The molecule has 2 aromatic carbocycles. The van der Waals surface area contributed by atoms with E-state index in [0.29, 0.717) is 6.61 Å². The lowest BCUT2D eigenvalue weighted by atomic mass is 10.1. The minimum atomic E-state index is -0.0194. The Morgan fingerprint density at radius 3 is 2.52 bits per heavy atom. The summed E-state index contributed by atoms with van der Waals surface area (Å²) in [5.74, 6) is 0.747. The van der Waals surface area contributed by atoms with Crippen molar-refractivity contribution in [1.82, 2.24) is 0 Å². The quantitative estimate of drug-likeness (QED) is 0.848.